The Hall–Kier alpha value is -3.32. The van der Waals surface area contributed by atoms with E-state index in [0.29, 0.717) is 42.3 Å². The number of Topliss-reactive ketones (excluding diaryl/α,β-unsaturated/α-hetero) is 1. The summed E-state index contributed by atoms with van der Waals surface area (Å²) < 4.78 is 11.4. The predicted octanol–water partition coefficient (Wildman–Crippen LogP) is 3.86. The van der Waals surface area contributed by atoms with Gasteiger partial charge in [-0.1, -0.05) is 49.7 Å². The summed E-state index contributed by atoms with van der Waals surface area (Å²) in [6.07, 6.45) is 1.94. The summed E-state index contributed by atoms with van der Waals surface area (Å²) in [5, 5.41) is 11.1. The fourth-order valence-corrected chi connectivity index (χ4v) is 3.82. The third-order valence-electron chi connectivity index (χ3n) is 5.63. The van der Waals surface area contributed by atoms with Crippen LogP contribution < -0.4 is 9.47 Å². The van der Waals surface area contributed by atoms with Gasteiger partial charge in [0, 0.05) is 18.7 Å². The first-order chi connectivity index (χ1) is 15.9. The average Bonchev–Trinajstić information content (AvgIpc) is 3.08. The minimum atomic E-state index is -0.733. The number of nitrogens with zero attached hydrogens (tertiary/aromatic N) is 2. The van der Waals surface area contributed by atoms with Gasteiger partial charge in [0.1, 0.15) is 5.76 Å². The highest BCUT2D eigenvalue weighted by atomic mass is 16.5. The fourth-order valence-electron chi connectivity index (χ4n) is 3.82. The van der Waals surface area contributed by atoms with Crippen LogP contribution >= 0.6 is 0 Å². The SMILES string of the molecule is CCCCOc1ccc(C2C(=C(O)c3ccccc3)C(=O)C(=O)N2CCN(C)C)cc1OC. The molecule has 7 heteroatoms. The van der Waals surface area contributed by atoms with Crippen LogP contribution in [0.25, 0.3) is 5.76 Å². The predicted molar refractivity (Wildman–Crippen MR) is 127 cm³/mol. The first kappa shape index (κ1) is 24.3. The number of ketones is 1. The highest BCUT2D eigenvalue weighted by molar-refractivity contribution is 6.46. The molecular weight excluding hydrogens is 420 g/mol. The maximum Gasteiger partial charge on any atom is 0.295 e. The molecule has 0 radical (unpaired) electrons. The lowest BCUT2D eigenvalue weighted by Gasteiger charge is -2.27. The number of carbonyl (C=O) groups is 2. The second-order valence-corrected chi connectivity index (χ2v) is 8.27. The van der Waals surface area contributed by atoms with Crippen molar-refractivity contribution in [1.82, 2.24) is 9.80 Å². The molecule has 0 saturated carbocycles. The van der Waals surface area contributed by atoms with Crippen LogP contribution in [0, 0.1) is 0 Å². The lowest BCUT2D eigenvalue weighted by Crippen LogP contribution is -2.35. The first-order valence-electron chi connectivity index (χ1n) is 11.2. The Labute approximate surface area is 195 Å². The minimum Gasteiger partial charge on any atom is -0.507 e. The van der Waals surface area contributed by atoms with Crippen LogP contribution in [0.5, 0.6) is 11.5 Å². The Morgan fingerprint density at radius 3 is 2.45 bits per heavy atom. The second kappa shape index (κ2) is 11.0. The van der Waals surface area contributed by atoms with E-state index in [1.807, 2.05) is 31.1 Å². The lowest BCUT2D eigenvalue weighted by molar-refractivity contribution is -0.140. The van der Waals surface area contributed by atoms with E-state index in [-0.39, 0.29) is 11.3 Å². The number of amides is 1. The lowest BCUT2D eigenvalue weighted by atomic mass is 9.95. The van der Waals surface area contributed by atoms with Crippen LogP contribution in [0.15, 0.2) is 54.1 Å². The molecule has 1 amide bonds. The van der Waals surface area contributed by atoms with E-state index in [1.54, 1.807) is 43.5 Å². The quantitative estimate of drug-likeness (QED) is 0.255. The van der Waals surface area contributed by atoms with Gasteiger partial charge in [-0.25, -0.2) is 0 Å². The zero-order chi connectivity index (χ0) is 24.0. The molecule has 1 fully saturated rings. The topological polar surface area (TPSA) is 79.3 Å². The van der Waals surface area contributed by atoms with Crippen molar-refractivity contribution in [2.45, 2.75) is 25.8 Å². The number of benzene rings is 2. The molecule has 2 aromatic carbocycles. The largest absolute Gasteiger partial charge is 0.507 e. The highest BCUT2D eigenvalue weighted by Crippen LogP contribution is 2.41. The summed E-state index contributed by atoms with van der Waals surface area (Å²) in [5.41, 5.74) is 1.23. The number of likely N-dealkylation sites (N-methyl/N-ethyl adjacent to an activating group) is 1. The molecule has 0 aliphatic carbocycles. The van der Waals surface area contributed by atoms with Gasteiger partial charge in [0.15, 0.2) is 11.5 Å². The number of carbonyl (C=O) groups excluding carboxylic acids is 2. The molecule has 1 unspecified atom stereocenters. The zero-order valence-corrected chi connectivity index (χ0v) is 19.7. The number of hydrogen-bond donors (Lipinski definition) is 1. The van der Waals surface area contributed by atoms with Gasteiger partial charge in [0.2, 0.25) is 0 Å². The van der Waals surface area contributed by atoms with Crippen molar-refractivity contribution < 1.29 is 24.2 Å². The molecule has 1 aliphatic rings. The monoisotopic (exact) mass is 452 g/mol. The highest BCUT2D eigenvalue weighted by Gasteiger charge is 2.46. The second-order valence-electron chi connectivity index (χ2n) is 8.27. The Bertz CT molecular complexity index is 1020. The molecule has 1 atom stereocenters. The van der Waals surface area contributed by atoms with E-state index < -0.39 is 17.7 Å². The third-order valence-corrected chi connectivity index (χ3v) is 5.63. The fraction of sp³-hybridized carbons (Fsp3) is 0.385. The van der Waals surface area contributed by atoms with Gasteiger partial charge in [-0.3, -0.25) is 9.59 Å². The van der Waals surface area contributed by atoms with Crippen LogP contribution in [-0.2, 0) is 9.59 Å². The van der Waals surface area contributed by atoms with Crippen LogP contribution in [0.1, 0.15) is 36.9 Å². The number of aliphatic hydroxyl groups is 1. The number of ether oxygens (including phenoxy) is 2. The maximum absolute atomic E-state index is 13.1. The van der Waals surface area contributed by atoms with Gasteiger partial charge in [0.05, 0.1) is 25.3 Å². The van der Waals surface area contributed by atoms with E-state index in [0.717, 1.165) is 12.8 Å². The smallest absolute Gasteiger partial charge is 0.295 e. The summed E-state index contributed by atoms with van der Waals surface area (Å²) in [4.78, 5) is 29.5. The number of methoxy groups -OCH3 is 1. The summed E-state index contributed by atoms with van der Waals surface area (Å²) >= 11 is 0. The summed E-state index contributed by atoms with van der Waals surface area (Å²) in [5.74, 6) is -0.387. The Morgan fingerprint density at radius 2 is 1.82 bits per heavy atom. The van der Waals surface area contributed by atoms with Crippen molar-refractivity contribution in [3.8, 4) is 11.5 Å². The molecule has 1 aliphatic heterocycles. The van der Waals surface area contributed by atoms with Crippen molar-refractivity contribution in [2.24, 2.45) is 0 Å². The number of hydrogen-bond acceptors (Lipinski definition) is 6. The van der Waals surface area contributed by atoms with Crippen LogP contribution in [0.4, 0.5) is 0 Å². The van der Waals surface area contributed by atoms with E-state index in [4.69, 9.17) is 9.47 Å². The van der Waals surface area contributed by atoms with Gasteiger partial charge < -0.3 is 24.4 Å². The molecule has 3 rings (SSSR count). The molecule has 0 bridgehead atoms. The van der Waals surface area contributed by atoms with Crippen LogP contribution in [0.2, 0.25) is 0 Å². The number of unbranched alkanes of at least 4 members (excludes halogenated alkanes) is 1. The molecule has 7 nitrogen and oxygen atoms in total. The van der Waals surface area contributed by atoms with Crippen LogP contribution in [0.3, 0.4) is 0 Å². The average molecular weight is 453 g/mol. The normalized spacial score (nSPS) is 17.6. The number of rotatable bonds is 10. The molecule has 176 valence electrons. The molecule has 1 heterocycles. The standard InChI is InChI=1S/C26H32N2O5/c1-5-6-16-33-20-13-12-19(17-21(20)32-4)23-22(24(29)18-10-8-7-9-11-18)25(30)26(31)28(23)15-14-27(2)3/h7-13,17,23,29H,5-6,14-16H2,1-4H3. The van der Waals surface area contributed by atoms with Gasteiger partial charge in [-0.05, 0) is 38.2 Å². The molecule has 2 aromatic rings. The Balaban J connectivity index is 2.09. The minimum absolute atomic E-state index is 0.0756. The van der Waals surface area contributed by atoms with Crippen molar-refractivity contribution >= 4 is 17.4 Å². The van der Waals surface area contributed by atoms with E-state index in [9.17, 15) is 14.7 Å². The van der Waals surface area contributed by atoms with Crippen molar-refractivity contribution in [3.63, 3.8) is 0 Å². The summed E-state index contributed by atoms with van der Waals surface area (Å²) in [6, 6.07) is 13.5. The number of likely N-dealkylation sites (tertiary alicyclic amines) is 1. The molecule has 0 spiro atoms. The summed E-state index contributed by atoms with van der Waals surface area (Å²) in [7, 11) is 5.36. The van der Waals surface area contributed by atoms with Crippen molar-refractivity contribution in [1.29, 1.82) is 0 Å². The zero-order valence-electron chi connectivity index (χ0n) is 19.7. The van der Waals surface area contributed by atoms with Gasteiger partial charge in [-0.15, -0.1) is 0 Å². The molecule has 0 aromatic heterocycles. The van der Waals surface area contributed by atoms with Gasteiger partial charge >= 0.3 is 0 Å². The van der Waals surface area contributed by atoms with E-state index >= 15 is 0 Å². The maximum atomic E-state index is 13.1. The van der Waals surface area contributed by atoms with E-state index in [2.05, 4.69) is 6.92 Å². The summed E-state index contributed by atoms with van der Waals surface area (Å²) in [6.45, 7) is 3.57. The van der Waals surface area contributed by atoms with Gasteiger partial charge in [-0.2, -0.15) is 0 Å². The van der Waals surface area contributed by atoms with E-state index in [1.165, 1.54) is 4.90 Å². The van der Waals surface area contributed by atoms with Gasteiger partial charge in [0.25, 0.3) is 11.7 Å². The Kier molecular flexibility index (Phi) is 8.11. The first-order valence-corrected chi connectivity index (χ1v) is 11.2. The third kappa shape index (κ3) is 5.37. The Morgan fingerprint density at radius 1 is 1.09 bits per heavy atom. The van der Waals surface area contributed by atoms with Crippen LogP contribution in [-0.4, -0.2) is 67.5 Å². The molecule has 1 saturated heterocycles. The number of aliphatic hydroxyl groups excluding tert-OH is 1. The molecular formula is C26H32N2O5. The van der Waals surface area contributed by atoms with Crippen molar-refractivity contribution in [3.05, 3.63) is 65.2 Å². The van der Waals surface area contributed by atoms with Crippen molar-refractivity contribution in [2.75, 3.05) is 40.9 Å². The molecule has 1 N–H and O–H groups in total. The molecule has 33 heavy (non-hydrogen) atoms.